The largest absolute Gasteiger partial charge is 0.467 e. The summed E-state index contributed by atoms with van der Waals surface area (Å²) in [5.74, 6) is 1.37. The lowest BCUT2D eigenvalue weighted by Crippen LogP contribution is -2.14. The second-order valence-corrected chi connectivity index (χ2v) is 6.07. The molecule has 0 bridgehead atoms. The molecule has 0 radical (unpaired) electrons. The van der Waals surface area contributed by atoms with Gasteiger partial charge in [0.05, 0.1) is 18.5 Å². The lowest BCUT2D eigenvalue weighted by molar-refractivity contribution is 0.484. The summed E-state index contributed by atoms with van der Waals surface area (Å²) in [5.41, 5.74) is 1.26. The average Bonchev–Trinajstić information content (AvgIpc) is 3.25. The Kier molecular flexibility index (Phi) is 3.87. The average molecular weight is 339 g/mol. The standard InChI is InChI=1S/C16H13N5O2S/c22-15-8-12(18-14-5-1-2-6-21(14)15)10-24-16-19-17-11-20(16)9-13-4-3-7-23-13/h1-8,11H,9-10H2. The van der Waals surface area contributed by atoms with Crippen LogP contribution < -0.4 is 5.56 Å². The van der Waals surface area contributed by atoms with Crippen LogP contribution in [0.5, 0.6) is 0 Å². The fourth-order valence-electron chi connectivity index (χ4n) is 2.35. The van der Waals surface area contributed by atoms with E-state index in [0.717, 1.165) is 10.9 Å². The fourth-order valence-corrected chi connectivity index (χ4v) is 3.16. The van der Waals surface area contributed by atoms with Gasteiger partial charge in [-0.15, -0.1) is 10.2 Å². The van der Waals surface area contributed by atoms with Crippen LogP contribution in [0, 0.1) is 0 Å². The zero-order chi connectivity index (χ0) is 16.4. The van der Waals surface area contributed by atoms with Crippen LogP contribution in [-0.2, 0) is 12.3 Å². The summed E-state index contributed by atoms with van der Waals surface area (Å²) < 4.78 is 8.77. The van der Waals surface area contributed by atoms with Gasteiger partial charge in [-0.3, -0.25) is 9.20 Å². The van der Waals surface area contributed by atoms with Crippen molar-refractivity contribution in [2.75, 3.05) is 0 Å². The van der Waals surface area contributed by atoms with E-state index < -0.39 is 0 Å². The van der Waals surface area contributed by atoms with Gasteiger partial charge in [-0.1, -0.05) is 17.8 Å². The topological polar surface area (TPSA) is 78.2 Å². The Morgan fingerprint density at radius 1 is 1.21 bits per heavy atom. The van der Waals surface area contributed by atoms with Gasteiger partial charge in [0.2, 0.25) is 0 Å². The number of aromatic nitrogens is 5. The van der Waals surface area contributed by atoms with Crippen molar-refractivity contribution in [3.05, 3.63) is 77.0 Å². The van der Waals surface area contributed by atoms with Crippen LogP contribution in [0.1, 0.15) is 11.5 Å². The highest BCUT2D eigenvalue weighted by atomic mass is 32.2. The van der Waals surface area contributed by atoms with E-state index in [1.807, 2.05) is 34.9 Å². The van der Waals surface area contributed by atoms with Crippen molar-refractivity contribution in [2.45, 2.75) is 17.5 Å². The molecule has 0 aliphatic heterocycles. The predicted molar refractivity (Wildman–Crippen MR) is 88.9 cm³/mol. The Labute approximate surface area is 141 Å². The molecule has 0 N–H and O–H groups in total. The molecule has 0 aromatic carbocycles. The van der Waals surface area contributed by atoms with Crippen molar-refractivity contribution < 1.29 is 4.42 Å². The van der Waals surface area contributed by atoms with Crippen LogP contribution in [-0.4, -0.2) is 24.1 Å². The zero-order valence-electron chi connectivity index (χ0n) is 12.6. The number of fused-ring (bicyclic) bond motifs is 1. The van der Waals surface area contributed by atoms with Crippen molar-refractivity contribution in [3.8, 4) is 0 Å². The number of pyridine rings is 1. The highest BCUT2D eigenvalue weighted by molar-refractivity contribution is 7.98. The van der Waals surface area contributed by atoms with Gasteiger partial charge < -0.3 is 8.98 Å². The summed E-state index contributed by atoms with van der Waals surface area (Å²) >= 11 is 1.48. The van der Waals surface area contributed by atoms with Gasteiger partial charge in [0, 0.05) is 18.0 Å². The minimum atomic E-state index is -0.0896. The van der Waals surface area contributed by atoms with Crippen LogP contribution in [0.2, 0.25) is 0 Å². The van der Waals surface area contributed by atoms with Crippen LogP contribution in [0.15, 0.2) is 69.6 Å². The first-order valence-electron chi connectivity index (χ1n) is 7.30. The van der Waals surface area contributed by atoms with E-state index in [4.69, 9.17) is 4.42 Å². The summed E-state index contributed by atoms with van der Waals surface area (Å²) in [6, 6.07) is 10.8. The molecule has 7 nitrogen and oxygen atoms in total. The number of thioether (sulfide) groups is 1. The SMILES string of the molecule is O=c1cc(CSc2nncn2Cc2ccco2)nc2ccccn12. The maximum absolute atomic E-state index is 12.1. The van der Waals surface area contributed by atoms with Gasteiger partial charge in [0.1, 0.15) is 17.7 Å². The van der Waals surface area contributed by atoms with Crippen LogP contribution in [0.3, 0.4) is 0 Å². The maximum Gasteiger partial charge on any atom is 0.258 e. The molecule has 4 rings (SSSR count). The smallest absolute Gasteiger partial charge is 0.258 e. The molecular weight excluding hydrogens is 326 g/mol. The van der Waals surface area contributed by atoms with E-state index in [0.29, 0.717) is 23.6 Å². The maximum atomic E-state index is 12.1. The van der Waals surface area contributed by atoms with Gasteiger partial charge in [-0.2, -0.15) is 0 Å². The van der Waals surface area contributed by atoms with Crippen LogP contribution >= 0.6 is 11.8 Å². The minimum absolute atomic E-state index is 0.0896. The zero-order valence-corrected chi connectivity index (χ0v) is 13.4. The van der Waals surface area contributed by atoms with Crippen molar-refractivity contribution in [2.24, 2.45) is 0 Å². The highest BCUT2D eigenvalue weighted by Crippen LogP contribution is 2.20. The molecule has 0 aliphatic rings. The molecule has 0 aliphatic carbocycles. The quantitative estimate of drug-likeness (QED) is 0.519. The Morgan fingerprint density at radius 3 is 3.04 bits per heavy atom. The molecule has 0 saturated carbocycles. The summed E-state index contributed by atoms with van der Waals surface area (Å²) in [5, 5.41) is 8.82. The summed E-state index contributed by atoms with van der Waals surface area (Å²) in [7, 11) is 0. The van der Waals surface area contributed by atoms with Gasteiger partial charge in [-0.05, 0) is 24.3 Å². The van der Waals surface area contributed by atoms with Gasteiger partial charge >= 0.3 is 0 Å². The van der Waals surface area contributed by atoms with Crippen molar-refractivity contribution in [1.82, 2.24) is 24.1 Å². The lowest BCUT2D eigenvalue weighted by atomic mass is 10.4. The molecule has 0 fully saturated rings. The summed E-state index contributed by atoms with van der Waals surface area (Å²) in [6.45, 7) is 0.566. The normalized spacial score (nSPS) is 11.2. The molecule has 0 spiro atoms. The van der Waals surface area contributed by atoms with Crippen molar-refractivity contribution >= 4 is 17.4 Å². The molecule has 24 heavy (non-hydrogen) atoms. The summed E-state index contributed by atoms with van der Waals surface area (Å²) in [4.78, 5) is 16.6. The molecular formula is C16H13N5O2S. The number of nitrogens with zero attached hydrogens (tertiary/aromatic N) is 5. The summed E-state index contributed by atoms with van der Waals surface area (Å²) in [6.07, 6.45) is 5.01. The van der Waals surface area contributed by atoms with E-state index in [1.54, 1.807) is 24.9 Å². The first-order chi connectivity index (χ1) is 11.8. The minimum Gasteiger partial charge on any atom is -0.467 e. The Balaban J connectivity index is 1.53. The molecule has 120 valence electrons. The number of hydrogen-bond acceptors (Lipinski definition) is 6. The monoisotopic (exact) mass is 339 g/mol. The van der Waals surface area contributed by atoms with E-state index >= 15 is 0 Å². The Bertz CT molecular complexity index is 1020. The molecule has 0 saturated heterocycles. The van der Waals surface area contributed by atoms with Crippen LogP contribution in [0.4, 0.5) is 0 Å². The third kappa shape index (κ3) is 2.95. The number of rotatable bonds is 5. The van der Waals surface area contributed by atoms with E-state index in [2.05, 4.69) is 15.2 Å². The van der Waals surface area contributed by atoms with Gasteiger partial charge in [-0.25, -0.2) is 4.98 Å². The number of hydrogen-bond donors (Lipinski definition) is 0. The molecule has 0 unspecified atom stereocenters. The molecule has 4 heterocycles. The highest BCUT2D eigenvalue weighted by Gasteiger charge is 2.09. The first kappa shape index (κ1) is 14.7. The van der Waals surface area contributed by atoms with Crippen molar-refractivity contribution in [1.29, 1.82) is 0 Å². The fraction of sp³-hybridized carbons (Fsp3) is 0.125. The molecule has 4 aromatic heterocycles. The predicted octanol–water partition coefficient (Wildman–Crippen LogP) is 2.22. The van der Waals surface area contributed by atoms with E-state index in [1.165, 1.54) is 16.2 Å². The Hall–Kier alpha value is -2.87. The van der Waals surface area contributed by atoms with E-state index in [9.17, 15) is 4.79 Å². The van der Waals surface area contributed by atoms with Crippen molar-refractivity contribution in [3.63, 3.8) is 0 Å². The molecule has 0 amide bonds. The third-order valence-electron chi connectivity index (χ3n) is 3.46. The van der Waals surface area contributed by atoms with Gasteiger partial charge in [0.15, 0.2) is 5.16 Å². The Morgan fingerprint density at radius 2 is 2.17 bits per heavy atom. The number of furan rings is 1. The molecule has 0 atom stereocenters. The lowest BCUT2D eigenvalue weighted by Gasteiger charge is -2.05. The second kappa shape index (κ2) is 6.32. The van der Waals surface area contributed by atoms with Crippen LogP contribution in [0.25, 0.3) is 5.65 Å². The van der Waals surface area contributed by atoms with Gasteiger partial charge in [0.25, 0.3) is 5.56 Å². The van der Waals surface area contributed by atoms with E-state index in [-0.39, 0.29) is 5.56 Å². The third-order valence-corrected chi connectivity index (χ3v) is 4.47. The molecule has 4 aromatic rings. The molecule has 8 heteroatoms. The first-order valence-corrected chi connectivity index (χ1v) is 8.28. The second-order valence-electron chi connectivity index (χ2n) is 5.12.